The first-order valence-electron chi connectivity index (χ1n) is 16.9. The lowest BCUT2D eigenvalue weighted by molar-refractivity contribution is -0.142. The lowest BCUT2D eigenvalue weighted by Crippen LogP contribution is -2.55. The maximum absolute atomic E-state index is 13.9. The van der Waals surface area contributed by atoms with Crippen LogP contribution in [-0.2, 0) is 36.9 Å². The molecule has 0 unspecified atom stereocenters. The second kappa shape index (κ2) is 19.4. The van der Waals surface area contributed by atoms with Crippen molar-refractivity contribution in [3.63, 3.8) is 0 Å². The molecule has 2 aromatic rings. The Hall–Kier alpha value is -3.61. The molecule has 11 nitrogen and oxygen atoms in total. The number of ketones is 1. The molecule has 260 valence electrons. The summed E-state index contributed by atoms with van der Waals surface area (Å²) in [5, 5.41) is 9.42. The van der Waals surface area contributed by atoms with Crippen LogP contribution in [0.2, 0.25) is 5.02 Å². The molecule has 2 aliphatic rings. The van der Waals surface area contributed by atoms with Gasteiger partial charge in [-0.15, -0.1) is 0 Å². The molecule has 7 N–H and O–H groups in total. The van der Waals surface area contributed by atoms with Crippen LogP contribution in [0, 0.1) is 0 Å². The van der Waals surface area contributed by atoms with Gasteiger partial charge in [-0.1, -0.05) is 65.7 Å². The normalized spacial score (nSPS) is 19.0. The Morgan fingerprint density at radius 2 is 1.75 bits per heavy atom. The van der Waals surface area contributed by atoms with E-state index in [0.717, 1.165) is 37.1 Å². The number of hydrogen-bond acceptors (Lipinski definition) is 8. The number of benzene rings is 2. The van der Waals surface area contributed by atoms with E-state index in [4.69, 9.17) is 27.8 Å². The maximum atomic E-state index is 13.9. The van der Waals surface area contributed by atoms with Gasteiger partial charge in [0.05, 0.1) is 24.8 Å². The molecule has 3 amide bonds. The Morgan fingerprint density at radius 1 is 1.02 bits per heavy atom. The second-order valence-corrected chi connectivity index (χ2v) is 12.9. The van der Waals surface area contributed by atoms with Crippen molar-refractivity contribution in [3.05, 3.63) is 82.4 Å². The van der Waals surface area contributed by atoms with Gasteiger partial charge in [-0.05, 0) is 87.8 Å². The first-order valence-corrected chi connectivity index (χ1v) is 17.3. The zero-order valence-corrected chi connectivity index (χ0v) is 28.3. The summed E-state index contributed by atoms with van der Waals surface area (Å²) in [5.41, 5.74) is 15.3. The quantitative estimate of drug-likeness (QED) is 0.0964. The molecular weight excluding hydrogens is 632 g/mol. The van der Waals surface area contributed by atoms with Crippen LogP contribution >= 0.6 is 11.6 Å². The Kier molecular flexibility index (Phi) is 15.0. The van der Waals surface area contributed by atoms with E-state index in [-0.39, 0.29) is 38.4 Å². The highest BCUT2D eigenvalue weighted by atomic mass is 35.5. The molecule has 0 bridgehead atoms. The fourth-order valence-electron chi connectivity index (χ4n) is 6.00. The Balaban J connectivity index is 1.44. The summed E-state index contributed by atoms with van der Waals surface area (Å²) in [6.45, 7) is 2.93. The summed E-state index contributed by atoms with van der Waals surface area (Å²) >= 11 is 6.02. The molecule has 4 atom stereocenters. The van der Waals surface area contributed by atoms with Crippen LogP contribution in [0.25, 0.3) is 0 Å². The summed E-state index contributed by atoms with van der Waals surface area (Å²) in [5.74, 6) is -2.37. The molecule has 12 heteroatoms. The number of nitrogens with two attached hydrogens (primary N) is 2. The Morgan fingerprint density at radius 3 is 2.46 bits per heavy atom. The average Bonchev–Trinajstić information content (AvgIpc) is 3.54. The van der Waals surface area contributed by atoms with Crippen LogP contribution in [0.4, 0.5) is 0 Å². The number of carbonyl (C=O) groups excluding carboxylic acids is 4. The summed E-state index contributed by atoms with van der Waals surface area (Å²) in [6, 6.07) is 14.1. The van der Waals surface area contributed by atoms with Gasteiger partial charge >= 0.3 is 0 Å². The Labute approximate surface area is 288 Å². The number of rotatable bonds is 17. The molecule has 48 heavy (non-hydrogen) atoms. The third kappa shape index (κ3) is 11.5. The SMILES string of the molecule is NCCCC[C@H](NC(=O)[C@@H]1C[C@@H](OCc2ccc(Cl)cc2)CN1C(=O)[C@H](N)CC=C1CCNCC1)C(=O)C(=O)NCCc1ccccc1. The number of unbranched alkanes of at least 4 members (excludes halogenated alkanes) is 1. The largest absolute Gasteiger partial charge is 0.372 e. The number of piperidine rings is 1. The van der Waals surface area contributed by atoms with Gasteiger partial charge in [0.25, 0.3) is 5.91 Å². The number of amides is 3. The minimum atomic E-state index is -1.06. The van der Waals surface area contributed by atoms with E-state index in [0.29, 0.717) is 37.3 Å². The molecule has 0 spiro atoms. The summed E-state index contributed by atoms with van der Waals surface area (Å²) in [4.78, 5) is 55.3. The molecule has 0 aromatic heterocycles. The molecule has 2 aliphatic heterocycles. The monoisotopic (exact) mass is 680 g/mol. The fraction of sp³-hybridized carbons (Fsp3) is 0.500. The first-order chi connectivity index (χ1) is 23.2. The number of likely N-dealkylation sites (tertiary alicyclic amines) is 1. The topological polar surface area (TPSA) is 169 Å². The number of ether oxygens (including phenoxy) is 1. The number of nitrogens with zero attached hydrogens (tertiary/aromatic N) is 1. The highest BCUT2D eigenvalue weighted by molar-refractivity contribution is 6.38. The molecule has 0 aliphatic carbocycles. The van der Waals surface area contributed by atoms with Gasteiger partial charge in [0.1, 0.15) is 6.04 Å². The van der Waals surface area contributed by atoms with E-state index in [9.17, 15) is 19.2 Å². The maximum Gasteiger partial charge on any atom is 0.289 e. The van der Waals surface area contributed by atoms with Crippen LogP contribution in [-0.4, -0.2) is 85.4 Å². The molecule has 2 aromatic carbocycles. The lowest BCUT2D eigenvalue weighted by atomic mass is 10.0. The molecule has 0 radical (unpaired) electrons. The smallest absolute Gasteiger partial charge is 0.289 e. The van der Waals surface area contributed by atoms with Gasteiger partial charge in [0.2, 0.25) is 17.6 Å². The minimum absolute atomic E-state index is 0.171. The van der Waals surface area contributed by atoms with Gasteiger partial charge in [0.15, 0.2) is 0 Å². The van der Waals surface area contributed by atoms with E-state index in [1.807, 2.05) is 48.5 Å². The molecule has 4 rings (SSSR count). The number of Topliss-reactive ketones (excluding diaryl/α,β-unsaturated/α-hetero) is 1. The highest BCUT2D eigenvalue weighted by Gasteiger charge is 2.42. The summed E-state index contributed by atoms with van der Waals surface area (Å²) in [6.07, 6.45) is 5.97. The summed E-state index contributed by atoms with van der Waals surface area (Å²) < 4.78 is 6.15. The predicted octanol–water partition coefficient (Wildman–Crippen LogP) is 2.40. The van der Waals surface area contributed by atoms with Crippen LogP contribution < -0.4 is 27.4 Å². The first kappa shape index (κ1) is 37.2. The number of halogens is 1. The number of carbonyl (C=O) groups is 4. The van der Waals surface area contributed by atoms with Crippen molar-refractivity contribution < 1.29 is 23.9 Å². The van der Waals surface area contributed by atoms with E-state index in [1.165, 1.54) is 10.5 Å². The summed E-state index contributed by atoms with van der Waals surface area (Å²) in [7, 11) is 0. The predicted molar refractivity (Wildman–Crippen MR) is 186 cm³/mol. The number of nitrogens with one attached hydrogen (secondary N) is 3. The van der Waals surface area contributed by atoms with Crippen molar-refractivity contribution in [2.75, 3.05) is 32.7 Å². The molecule has 0 saturated carbocycles. The minimum Gasteiger partial charge on any atom is -0.372 e. The Bertz CT molecular complexity index is 1380. The van der Waals surface area contributed by atoms with Gasteiger partial charge in [-0.25, -0.2) is 0 Å². The molecule has 2 heterocycles. The van der Waals surface area contributed by atoms with Crippen LogP contribution in [0.5, 0.6) is 0 Å². The zero-order chi connectivity index (χ0) is 34.3. The van der Waals surface area contributed by atoms with Crippen LogP contribution in [0.15, 0.2) is 66.2 Å². The van der Waals surface area contributed by atoms with Gasteiger partial charge < -0.3 is 37.1 Å². The van der Waals surface area contributed by atoms with Crippen molar-refractivity contribution in [2.45, 2.75) is 82.2 Å². The highest BCUT2D eigenvalue weighted by Crippen LogP contribution is 2.24. The van der Waals surface area contributed by atoms with Crippen molar-refractivity contribution in [2.24, 2.45) is 11.5 Å². The third-order valence-corrected chi connectivity index (χ3v) is 9.07. The van der Waals surface area contributed by atoms with E-state index >= 15 is 0 Å². The third-order valence-electron chi connectivity index (χ3n) is 8.82. The molecule has 2 saturated heterocycles. The van der Waals surface area contributed by atoms with Gasteiger partial charge in [-0.3, -0.25) is 19.2 Å². The van der Waals surface area contributed by atoms with Gasteiger partial charge in [-0.2, -0.15) is 0 Å². The van der Waals surface area contributed by atoms with E-state index in [1.54, 1.807) is 12.1 Å². The van der Waals surface area contributed by atoms with E-state index in [2.05, 4.69) is 16.0 Å². The van der Waals surface area contributed by atoms with Crippen LogP contribution in [0.3, 0.4) is 0 Å². The van der Waals surface area contributed by atoms with Crippen molar-refractivity contribution in [1.82, 2.24) is 20.9 Å². The number of hydrogen-bond donors (Lipinski definition) is 5. The van der Waals surface area contributed by atoms with E-state index < -0.39 is 41.8 Å². The zero-order valence-electron chi connectivity index (χ0n) is 27.5. The van der Waals surface area contributed by atoms with Gasteiger partial charge in [0, 0.05) is 24.5 Å². The lowest BCUT2D eigenvalue weighted by Gasteiger charge is -2.28. The molecule has 2 fully saturated rings. The van der Waals surface area contributed by atoms with Crippen molar-refractivity contribution >= 4 is 35.1 Å². The molecular formula is C36H49ClN6O5. The average molecular weight is 681 g/mol. The van der Waals surface area contributed by atoms with Crippen LogP contribution in [0.1, 0.15) is 56.1 Å². The second-order valence-electron chi connectivity index (χ2n) is 12.5. The van der Waals surface area contributed by atoms with Crippen molar-refractivity contribution in [3.8, 4) is 0 Å². The fourth-order valence-corrected chi connectivity index (χ4v) is 6.13. The standard InChI is InChI=1S/C36H49ClN6O5/c37-28-12-9-27(10-13-28)24-48-29-22-32(43(23-29)36(47)30(39)14-11-26-15-19-40-20-16-26)34(45)42-31(8-4-5-18-38)33(44)35(46)41-21-17-25-6-2-1-3-7-25/h1-3,6-7,9-13,29-32,40H,4-5,8,14-24,38-39H2,(H,41,46)(H,42,45)/t29-,30-,31+,32+/m1/s1. The van der Waals surface area contributed by atoms with Crippen molar-refractivity contribution in [1.29, 1.82) is 0 Å².